The molecule has 0 radical (unpaired) electrons. The summed E-state index contributed by atoms with van der Waals surface area (Å²) in [5.74, 6) is -1.46. The van der Waals surface area contributed by atoms with Crippen LogP contribution in [0, 0.1) is 0 Å². The number of quaternary nitrogens is 1. The van der Waals surface area contributed by atoms with Crippen molar-refractivity contribution >= 4 is 17.9 Å². The molecule has 0 rings (SSSR count). The van der Waals surface area contributed by atoms with Crippen molar-refractivity contribution in [2.24, 2.45) is 0 Å². The van der Waals surface area contributed by atoms with E-state index in [1.807, 2.05) is 21.1 Å². The second-order valence-corrected chi connectivity index (χ2v) is 18.8. The summed E-state index contributed by atoms with van der Waals surface area (Å²) < 4.78 is 17.4. The summed E-state index contributed by atoms with van der Waals surface area (Å²) in [6, 6.07) is -0.614. The van der Waals surface area contributed by atoms with Crippen LogP contribution in [0.3, 0.4) is 0 Å². The summed E-state index contributed by atoms with van der Waals surface area (Å²) in [4.78, 5) is 37.1. The molecule has 0 saturated carbocycles. The summed E-state index contributed by atoms with van der Waals surface area (Å²) >= 11 is 0. The Morgan fingerprint density at radius 1 is 0.492 bits per heavy atom. The molecule has 8 nitrogen and oxygen atoms in total. The number of esters is 2. The van der Waals surface area contributed by atoms with E-state index in [2.05, 4.69) is 38.2 Å². The number of carboxylic acid groups (broad SMARTS) is 1. The second kappa shape index (κ2) is 44.4. The second-order valence-electron chi connectivity index (χ2n) is 18.8. The van der Waals surface area contributed by atoms with Gasteiger partial charge in [0.15, 0.2) is 12.1 Å². The predicted molar refractivity (Wildman–Crippen MR) is 257 cm³/mol. The largest absolute Gasteiger partial charge is 0.477 e. The van der Waals surface area contributed by atoms with Crippen LogP contribution in [-0.4, -0.2) is 80.6 Å². The van der Waals surface area contributed by atoms with Crippen molar-refractivity contribution in [3.8, 4) is 0 Å². The predicted octanol–water partition coefficient (Wildman–Crippen LogP) is 14.8. The first-order chi connectivity index (χ1) is 29.6. The highest BCUT2D eigenvalue weighted by atomic mass is 16.6. The first-order valence-electron chi connectivity index (χ1n) is 25.9. The highest BCUT2D eigenvalue weighted by Crippen LogP contribution is 2.16. The lowest BCUT2D eigenvalue weighted by Crippen LogP contribution is -2.50. The summed E-state index contributed by atoms with van der Waals surface area (Å²) in [6.07, 6.45) is 50.8. The van der Waals surface area contributed by atoms with Crippen LogP contribution >= 0.6 is 0 Å². The van der Waals surface area contributed by atoms with E-state index in [1.54, 1.807) is 0 Å². The fourth-order valence-electron chi connectivity index (χ4n) is 7.83. The Hall–Kier alpha value is -2.19. The Bertz CT molecular complexity index is 1050. The average molecular weight is 863 g/mol. The minimum Gasteiger partial charge on any atom is -0.477 e. The maximum Gasteiger partial charge on any atom is 0.362 e. The van der Waals surface area contributed by atoms with Gasteiger partial charge in [0.25, 0.3) is 0 Å². The van der Waals surface area contributed by atoms with Crippen LogP contribution in [0.4, 0.5) is 0 Å². The number of allylic oxidation sites excluding steroid dienone is 4. The Morgan fingerprint density at radius 2 is 0.869 bits per heavy atom. The molecule has 0 aliphatic heterocycles. The maximum absolute atomic E-state index is 12.8. The molecule has 0 bridgehead atoms. The van der Waals surface area contributed by atoms with Gasteiger partial charge >= 0.3 is 17.9 Å². The number of hydrogen-bond donors (Lipinski definition) is 1. The van der Waals surface area contributed by atoms with Crippen molar-refractivity contribution < 1.29 is 38.2 Å². The molecule has 0 heterocycles. The number of carbonyl (C=O) groups excluding carboxylic acids is 2. The van der Waals surface area contributed by atoms with Gasteiger partial charge in [-0.05, 0) is 44.9 Å². The number of aliphatic carboxylic acids is 1. The molecule has 0 aliphatic carbocycles. The molecule has 61 heavy (non-hydrogen) atoms. The fraction of sp³-hybridized carbons (Fsp3) is 0.868. The molecule has 0 spiro atoms. The number of nitrogens with zero attached hydrogens (tertiary/aromatic N) is 1. The molecule has 2 unspecified atom stereocenters. The van der Waals surface area contributed by atoms with Gasteiger partial charge in [-0.2, -0.15) is 0 Å². The normalized spacial score (nSPS) is 13.0. The van der Waals surface area contributed by atoms with Crippen LogP contribution in [-0.2, 0) is 28.6 Å². The van der Waals surface area contributed by atoms with Gasteiger partial charge in [0.05, 0.1) is 34.4 Å². The summed E-state index contributed by atoms with van der Waals surface area (Å²) in [7, 11) is 5.54. The third-order valence-electron chi connectivity index (χ3n) is 11.9. The van der Waals surface area contributed by atoms with E-state index in [9.17, 15) is 19.5 Å². The molecule has 0 aromatic heterocycles. The number of likely N-dealkylation sites (N-methyl/N-ethyl adjacent to an activating group) is 1. The zero-order valence-corrected chi connectivity index (χ0v) is 40.9. The monoisotopic (exact) mass is 863 g/mol. The zero-order valence-electron chi connectivity index (χ0n) is 40.9. The molecule has 0 fully saturated rings. The number of carboxylic acids is 1. The minimum absolute atomic E-state index is 0.0492. The van der Waals surface area contributed by atoms with Crippen molar-refractivity contribution in [3.05, 3.63) is 24.3 Å². The van der Waals surface area contributed by atoms with Crippen LogP contribution in [0.5, 0.6) is 0 Å². The van der Waals surface area contributed by atoms with E-state index in [1.165, 1.54) is 161 Å². The highest BCUT2D eigenvalue weighted by Gasteiger charge is 2.31. The Labute approximate surface area is 377 Å². The molecule has 358 valence electrons. The SMILES string of the molecule is CCCCC/C=C\C/C=C\CCCCCCCCCC(=O)OC(COCCC(C(=O)O)[N+](C)(C)C)COC(=O)CCCCCCCCCCCCCCCCCCCCCC. The summed E-state index contributed by atoms with van der Waals surface area (Å²) in [5.41, 5.74) is 0. The van der Waals surface area contributed by atoms with E-state index >= 15 is 0 Å². The molecule has 0 aliphatic rings. The Morgan fingerprint density at radius 3 is 1.30 bits per heavy atom. The Kier molecular flexibility index (Phi) is 42.8. The molecule has 0 aromatic carbocycles. The first kappa shape index (κ1) is 58.8. The van der Waals surface area contributed by atoms with E-state index in [-0.39, 0.29) is 36.2 Å². The van der Waals surface area contributed by atoms with Gasteiger partial charge in [-0.1, -0.05) is 205 Å². The lowest BCUT2D eigenvalue weighted by molar-refractivity contribution is -0.887. The van der Waals surface area contributed by atoms with Crippen LogP contribution in [0.1, 0.15) is 245 Å². The molecule has 8 heteroatoms. The van der Waals surface area contributed by atoms with Gasteiger partial charge in [0, 0.05) is 19.3 Å². The number of rotatable bonds is 47. The molecule has 0 amide bonds. The van der Waals surface area contributed by atoms with Gasteiger partial charge in [-0.3, -0.25) is 9.59 Å². The third kappa shape index (κ3) is 42.9. The van der Waals surface area contributed by atoms with Gasteiger partial charge in [0.1, 0.15) is 6.61 Å². The molecule has 0 saturated heterocycles. The smallest absolute Gasteiger partial charge is 0.362 e. The maximum atomic E-state index is 12.8. The zero-order chi connectivity index (χ0) is 44.9. The number of unbranched alkanes of at least 4 members (excludes halogenated alkanes) is 29. The van der Waals surface area contributed by atoms with Crippen molar-refractivity contribution in [1.29, 1.82) is 0 Å². The van der Waals surface area contributed by atoms with Gasteiger partial charge in [-0.25, -0.2) is 4.79 Å². The van der Waals surface area contributed by atoms with E-state index < -0.39 is 18.1 Å². The van der Waals surface area contributed by atoms with Crippen molar-refractivity contribution in [2.75, 3.05) is 41.0 Å². The van der Waals surface area contributed by atoms with Crippen LogP contribution in [0.15, 0.2) is 24.3 Å². The standard InChI is InChI=1S/C53H99NO7/c1-6-8-10-12-14-16-18-20-22-24-25-26-28-29-31-33-35-37-39-41-43-51(55)60-48-49(47-59-46-45-50(53(57)58)54(3,4)5)61-52(56)44-42-40-38-36-34-32-30-27-23-21-19-17-15-13-11-9-7-2/h15,17,21,23,49-50H,6-14,16,18-20,22,24-48H2,1-5H3/p+1/b17-15-,23-21-. The third-order valence-corrected chi connectivity index (χ3v) is 11.9. The van der Waals surface area contributed by atoms with Gasteiger partial charge < -0.3 is 23.8 Å². The van der Waals surface area contributed by atoms with E-state index in [4.69, 9.17) is 14.2 Å². The molecular weight excluding hydrogens is 763 g/mol. The minimum atomic E-state index is -0.873. The molecule has 0 aromatic rings. The quantitative estimate of drug-likeness (QED) is 0.0281. The molecule has 2 atom stereocenters. The van der Waals surface area contributed by atoms with Crippen molar-refractivity contribution in [1.82, 2.24) is 0 Å². The lowest BCUT2D eigenvalue weighted by Gasteiger charge is -2.31. The van der Waals surface area contributed by atoms with Crippen LogP contribution < -0.4 is 0 Å². The van der Waals surface area contributed by atoms with Crippen LogP contribution in [0.25, 0.3) is 0 Å². The highest BCUT2D eigenvalue weighted by molar-refractivity contribution is 5.72. The first-order valence-corrected chi connectivity index (χ1v) is 25.9. The number of ether oxygens (including phenoxy) is 3. The van der Waals surface area contributed by atoms with Crippen molar-refractivity contribution in [2.45, 2.75) is 257 Å². The van der Waals surface area contributed by atoms with Crippen molar-refractivity contribution in [3.63, 3.8) is 0 Å². The number of carbonyl (C=O) groups is 3. The fourth-order valence-corrected chi connectivity index (χ4v) is 7.83. The summed E-state index contributed by atoms with van der Waals surface area (Å²) in [5, 5.41) is 9.65. The molecular formula is C53H100NO7+. The van der Waals surface area contributed by atoms with Gasteiger partial charge in [0.2, 0.25) is 0 Å². The molecule has 1 N–H and O–H groups in total. The summed E-state index contributed by atoms with van der Waals surface area (Å²) in [6.45, 7) is 4.75. The number of hydrogen-bond acceptors (Lipinski definition) is 6. The lowest BCUT2D eigenvalue weighted by atomic mass is 10.0. The van der Waals surface area contributed by atoms with Gasteiger partial charge in [-0.15, -0.1) is 0 Å². The van der Waals surface area contributed by atoms with E-state index in [0.717, 1.165) is 51.4 Å². The van der Waals surface area contributed by atoms with E-state index in [0.29, 0.717) is 19.3 Å². The topological polar surface area (TPSA) is 99.1 Å². The Balaban J connectivity index is 4.21. The average Bonchev–Trinajstić information content (AvgIpc) is 3.22. The van der Waals surface area contributed by atoms with Crippen LogP contribution in [0.2, 0.25) is 0 Å².